The van der Waals surface area contributed by atoms with E-state index in [0.29, 0.717) is 35.9 Å². The zero-order valence-electron chi connectivity index (χ0n) is 17.2. The zero-order valence-corrected chi connectivity index (χ0v) is 17.2. The van der Waals surface area contributed by atoms with Gasteiger partial charge in [0.2, 0.25) is 0 Å². The highest BCUT2D eigenvalue weighted by atomic mass is 16.7. The van der Waals surface area contributed by atoms with Gasteiger partial charge in [-0.15, -0.1) is 0 Å². The van der Waals surface area contributed by atoms with E-state index in [2.05, 4.69) is 5.32 Å². The Labute approximate surface area is 174 Å². The highest BCUT2D eigenvalue weighted by Gasteiger charge is 2.53. The Morgan fingerprint density at radius 3 is 2.53 bits per heavy atom. The number of nitro benzene ring substituents is 1. The van der Waals surface area contributed by atoms with Gasteiger partial charge in [-0.25, -0.2) is 0 Å². The average molecular weight is 417 g/mol. The Balaban J connectivity index is 2.10. The largest absolute Gasteiger partial charge is 0.479 e. The molecule has 30 heavy (non-hydrogen) atoms. The molecule has 0 bridgehead atoms. The fraction of sp³-hybridized carbons (Fsp3) is 0.429. The van der Waals surface area contributed by atoms with Gasteiger partial charge >= 0.3 is 0 Å². The Kier molecular flexibility index (Phi) is 6.45. The fourth-order valence-electron chi connectivity index (χ4n) is 3.61. The number of nitrogens with one attached hydrogen (secondary N) is 1. The molecule has 3 rings (SSSR count). The van der Waals surface area contributed by atoms with Crippen molar-refractivity contribution in [1.29, 1.82) is 0 Å². The first kappa shape index (κ1) is 21.8. The van der Waals surface area contributed by atoms with E-state index in [4.69, 9.17) is 19.9 Å². The van der Waals surface area contributed by atoms with E-state index in [0.717, 1.165) is 0 Å². The van der Waals surface area contributed by atoms with Crippen LogP contribution in [0.1, 0.15) is 32.4 Å². The highest BCUT2D eigenvalue weighted by molar-refractivity contribution is 5.67. The number of anilines is 2. The number of hydrogen-bond acceptors (Lipinski definition) is 8. The highest BCUT2D eigenvalue weighted by Crippen LogP contribution is 2.45. The first-order valence-corrected chi connectivity index (χ1v) is 9.81. The van der Waals surface area contributed by atoms with Gasteiger partial charge in [0.1, 0.15) is 11.9 Å². The fourth-order valence-corrected chi connectivity index (χ4v) is 3.61. The zero-order chi connectivity index (χ0) is 21.9. The van der Waals surface area contributed by atoms with E-state index < -0.39 is 29.0 Å². The molecule has 2 aromatic carbocycles. The van der Waals surface area contributed by atoms with Crippen molar-refractivity contribution >= 4 is 17.1 Å². The molecule has 0 aliphatic carbocycles. The van der Waals surface area contributed by atoms with Crippen molar-refractivity contribution in [3.63, 3.8) is 0 Å². The molecule has 0 saturated carbocycles. The second-order valence-electron chi connectivity index (χ2n) is 7.16. The molecule has 1 heterocycles. The first-order chi connectivity index (χ1) is 14.3. The summed E-state index contributed by atoms with van der Waals surface area (Å²) in [6, 6.07) is 10.6. The van der Waals surface area contributed by atoms with Crippen LogP contribution in [0, 0.1) is 10.1 Å². The van der Waals surface area contributed by atoms with Gasteiger partial charge in [-0.2, -0.15) is 0 Å². The Bertz CT molecular complexity index is 902. The standard InChI is InChI=1S/C21H27N3O6/c1-4-28-20(29-5-2)21(3)19(25)18(23-16-9-7-6-8-15(16)22)14-12-13(24(26)27)10-11-17(14)30-21/h6-12,18-20,23,25H,4-5,22H2,1-3H3/t18-,19+,21-/m0/s1. The number of benzene rings is 2. The minimum atomic E-state index is -1.28. The van der Waals surface area contributed by atoms with E-state index >= 15 is 0 Å². The van der Waals surface area contributed by atoms with Crippen LogP contribution in [0.4, 0.5) is 17.1 Å². The van der Waals surface area contributed by atoms with Crippen molar-refractivity contribution in [3.8, 4) is 5.75 Å². The molecule has 0 aromatic heterocycles. The molecule has 162 valence electrons. The molecule has 9 heteroatoms. The van der Waals surface area contributed by atoms with Crippen LogP contribution in [-0.4, -0.2) is 41.2 Å². The molecule has 3 atom stereocenters. The lowest BCUT2D eigenvalue weighted by Crippen LogP contribution is -2.61. The third kappa shape index (κ3) is 4.04. The number of non-ortho nitro benzene ring substituents is 1. The normalized spacial score (nSPS) is 23.0. The summed E-state index contributed by atoms with van der Waals surface area (Å²) in [7, 11) is 0. The first-order valence-electron chi connectivity index (χ1n) is 9.81. The number of nitro groups is 1. The van der Waals surface area contributed by atoms with Crippen LogP contribution in [0.15, 0.2) is 42.5 Å². The molecule has 4 N–H and O–H groups in total. The second kappa shape index (κ2) is 8.86. The number of para-hydroxylation sites is 2. The minimum Gasteiger partial charge on any atom is -0.479 e. The van der Waals surface area contributed by atoms with Crippen LogP contribution in [-0.2, 0) is 9.47 Å². The number of aliphatic hydroxyl groups is 1. The van der Waals surface area contributed by atoms with E-state index in [-0.39, 0.29) is 5.69 Å². The third-order valence-corrected chi connectivity index (χ3v) is 5.15. The molecule has 0 amide bonds. The Morgan fingerprint density at radius 2 is 1.93 bits per heavy atom. The van der Waals surface area contributed by atoms with Crippen LogP contribution >= 0.6 is 0 Å². The predicted molar refractivity (Wildman–Crippen MR) is 112 cm³/mol. The molecule has 2 aromatic rings. The van der Waals surface area contributed by atoms with Crippen LogP contribution in [0.2, 0.25) is 0 Å². The molecular formula is C21H27N3O6. The van der Waals surface area contributed by atoms with Crippen molar-refractivity contribution in [2.24, 2.45) is 0 Å². The van der Waals surface area contributed by atoms with E-state index in [1.807, 2.05) is 13.8 Å². The smallest absolute Gasteiger partial charge is 0.270 e. The van der Waals surface area contributed by atoms with Crippen LogP contribution in [0.25, 0.3) is 0 Å². The van der Waals surface area contributed by atoms with E-state index in [9.17, 15) is 15.2 Å². The summed E-state index contributed by atoms with van der Waals surface area (Å²) in [6.45, 7) is 6.05. The molecule has 1 aliphatic rings. The van der Waals surface area contributed by atoms with Gasteiger partial charge in [-0.3, -0.25) is 10.1 Å². The van der Waals surface area contributed by atoms with Crippen LogP contribution in [0.5, 0.6) is 5.75 Å². The molecule has 9 nitrogen and oxygen atoms in total. The van der Waals surface area contributed by atoms with Crippen molar-refractivity contribution in [2.75, 3.05) is 24.3 Å². The number of ether oxygens (including phenoxy) is 3. The summed E-state index contributed by atoms with van der Waals surface area (Å²) < 4.78 is 17.6. The summed E-state index contributed by atoms with van der Waals surface area (Å²) in [5.74, 6) is 0.393. The van der Waals surface area contributed by atoms with Crippen LogP contribution < -0.4 is 15.8 Å². The lowest BCUT2D eigenvalue weighted by Gasteiger charge is -2.47. The summed E-state index contributed by atoms with van der Waals surface area (Å²) >= 11 is 0. The van der Waals surface area contributed by atoms with Crippen molar-refractivity contribution < 1.29 is 24.2 Å². The van der Waals surface area contributed by atoms with Crippen molar-refractivity contribution in [3.05, 3.63) is 58.1 Å². The van der Waals surface area contributed by atoms with Crippen LogP contribution in [0.3, 0.4) is 0 Å². The van der Waals surface area contributed by atoms with Crippen molar-refractivity contribution in [2.45, 2.75) is 44.8 Å². The molecule has 0 spiro atoms. The third-order valence-electron chi connectivity index (χ3n) is 5.15. The molecule has 0 unspecified atom stereocenters. The number of rotatable bonds is 8. The maximum atomic E-state index is 11.4. The quantitative estimate of drug-likeness (QED) is 0.258. The predicted octanol–water partition coefficient (Wildman–Crippen LogP) is 3.24. The topological polar surface area (TPSA) is 129 Å². The summed E-state index contributed by atoms with van der Waals surface area (Å²) in [6.07, 6.45) is -2.03. The van der Waals surface area contributed by atoms with Gasteiger partial charge < -0.3 is 30.4 Å². The number of fused-ring (bicyclic) bond motifs is 1. The number of nitrogen functional groups attached to an aromatic ring is 1. The van der Waals surface area contributed by atoms with Gasteiger partial charge in [-0.05, 0) is 39.0 Å². The molecule has 0 saturated heterocycles. The number of nitrogens with two attached hydrogens (primary N) is 1. The monoisotopic (exact) mass is 417 g/mol. The van der Waals surface area contributed by atoms with Gasteiger partial charge in [0.25, 0.3) is 5.69 Å². The van der Waals surface area contributed by atoms with E-state index in [1.165, 1.54) is 18.2 Å². The van der Waals surface area contributed by atoms with Gasteiger partial charge in [-0.1, -0.05) is 12.1 Å². The lowest BCUT2D eigenvalue weighted by molar-refractivity contribution is -0.385. The SMILES string of the molecule is CCOC(OCC)[C@@]1(C)Oc2ccc([N+](=O)[O-])cc2[C@H](Nc2ccccc2N)[C@H]1O. The second-order valence-corrected chi connectivity index (χ2v) is 7.16. The van der Waals surface area contributed by atoms with Gasteiger partial charge in [0, 0.05) is 30.9 Å². The minimum absolute atomic E-state index is 0.104. The molecular weight excluding hydrogens is 390 g/mol. The lowest BCUT2D eigenvalue weighted by atomic mass is 9.84. The van der Waals surface area contributed by atoms with E-state index in [1.54, 1.807) is 31.2 Å². The maximum Gasteiger partial charge on any atom is 0.270 e. The molecule has 0 radical (unpaired) electrons. The Hall–Kier alpha value is -2.88. The number of aliphatic hydroxyl groups excluding tert-OH is 1. The Morgan fingerprint density at radius 1 is 1.27 bits per heavy atom. The molecule has 1 aliphatic heterocycles. The van der Waals surface area contributed by atoms with Crippen molar-refractivity contribution in [1.82, 2.24) is 0 Å². The number of hydrogen-bond donors (Lipinski definition) is 3. The van der Waals surface area contributed by atoms with Gasteiger partial charge in [0.15, 0.2) is 11.9 Å². The van der Waals surface area contributed by atoms with Gasteiger partial charge in [0.05, 0.1) is 22.3 Å². The summed E-state index contributed by atoms with van der Waals surface area (Å²) in [5.41, 5.74) is 6.21. The number of nitrogens with zero attached hydrogens (tertiary/aromatic N) is 1. The molecule has 0 fully saturated rings. The summed E-state index contributed by atoms with van der Waals surface area (Å²) in [5, 5.41) is 25.9. The average Bonchev–Trinajstić information content (AvgIpc) is 2.72. The summed E-state index contributed by atoms with van der Waals surface area (Å²) in [4.78, 5) is 10.8. The maximum absolute atomic E-state index is 11.4.